The van der Waals surface area contributed by atoms with Crippen LogP contribution in [0.2, 0.25) is 0 Å². The van der Waals surface area contributed by atoms with Crippen molar-refractivity contribution in [1.82, 2.24) is 9.97 Å². The quantitative estimate of drug-likeness (QED) is 0.717. The summed E-state index contributed by atoms with van der Waals surface area (Å²) in [7, 11) is 2.98. The number of nitrogen functional groups attached to an aromatic ring is 1. The number of ether oxygens (including phenoxy) is 3. The molecule has 0 unspecified atom stereocenters. The molecule has 1 aromatic carbocycles. The van der Waals surface area contributed by atoms with Gasteiger partial charge in [0.2, 0.25) is 17.7 Å². The lowest BCUT2D eigenvalue weighted by Gasteiger charge is -2.11. The smallest absolute Gasteiger partial charge is 0.245 e. The zero-order valence-corrected chi connectivity index (χ0v) is 12.7. The Balaban J connectivity index is 1.81. The Morgan fingerprint density at radius 1 is 1.05 bits per heavy atom. The van der Waals surface area contributed by atoms with E-state index < -0.39 is 0 Å². The van der Waals surface area contributed by atoms with Crippen molar-refractivity contribution in [2.45, 2.75) is 6.61 Å². The summed E-state index contributed by atoms with van der Waals surface area (Å²) >= 11 is 0. The largest absolute Gasteiger partial charge is 0.479 e. The Morgan fingerprint density at radius 2 is 1.68 bits per heavy atom. The molecule has 0 aliphatic rings. The molecule has 1 heterocycles. The molecule has 0 spiro atoms. The van der Waals surface area contributed by atoms with Crippen LogP contribution in [0.1, 0.15) is 5.56 Å². The summed E-state index contributed by atoms with van der Waals surface area (Å²) in [6.07, 6.45) is 0. The van der Waals surface area contributed by atoms with Crippen LogP contribution in [-0.4, -0.2) is 37.3 Å². The lowest BCUT2D eigenvalue weighted by molar-refractivity contribution is 0.130. The summed E-state index contributed by atoms with van der Waals surface area (Å²) < 4.78 is 15.7. The van der Waals surface area contributed by atoms with Gasteiger partial charge in [-0.1, -0.05) is 30.3 Å². The maximum absolute atomic E-state index is 5.79. The average molecular weight is 304 g/mol. The van der Waals surface area contributed by atoms with Gasteiger partial charge in [-0.25, -0.2) is 0 Å². The number of anilines is 2. The monoisotopic (exact) mass is 304 g/mol. The van der Waals surface area contributed by atoms with Gasteiger partial charge in [0.15, 0.2) is 5.69 Å². The van der Waals surface area contributed by atoms with Crippen LogP contribution in [0.15, 0.2) is 30.3 Å². The Labute approximate surface area is 129 Å². The molecule has 22 heavy (non-hydrogen) atoms. The highest BCUT2D eigenvalue weighted by molar-refractivity contribution is 5.58. The second-order valence-corrected chi connectivity index (χ2v) is 4.44. The molecule has 0 saturated heterocycles. The summed E-state index contributed by atoms with van der Waals surface area (Å²) in [5.41, 5.74) is 7.19. The number of rotatable bonds is 8. The van der Waals surface area contributed by atoms with Crippen LogP contribution in [-0.2, 0) is 11.3 Å². The topological polar surface area (TPSA) is 91.5 Å². The molecule has 118 valence electrons. The molecule has 1 aromatic heterocycles. The lowest BCUT2D eigenvalue weighted by Crippen LogP contribution is -2.13. The van der Waals surface area contributed by atoms with Gasteiger partial charge < -0.3 is 25.3 Å². The molecule has 2 aromatic rings. The number of nitrogens with two attached hydrogens (primary N) is 1. The van der Waals surface area contributed by atoms with E-state index in [-0.39, 0.29) is 17.4 Å². The molecule has 0 radical (unpaired) electrons. The molecule has 0 fully saturated rings. The van der Waals surface area contributed by atoms with E-state index in [4.69, 9.17) is 19.9 Å². The van der Waals surface area contributed by atoms with E-state index in [2.05, 4.69) is 15.3 Å². The molecule has 0 aliphatic heterocycles. The van der Waals surface area contributed by atoms with Crippen molar-refractivity contribution in [2.24, 2.45) is 0 Å². The lowest BCUT2D eigenvalue weighted by atomic mass is 10.2. The van der Waals surface area contributed by atoms with Gasteiger partial charge in [0.05, 0.1) is 27.4 Å². The first-order chi connectivity index (χ1) is 10.7. The van der Waals surface area contributed by atoms with Crippen molar-refractivity contribution in [1.29, 1.82) is 0 Å². The number of nitrogens with zero attached hydrogens (tertiary/aromatic N) is 2. The highest BCUT2D eigenvalue weighted by Gasteiger charge is 2.12. The summed E-state index contributed by atoms with van der Waals surface area (Å²) in [5.74, 6) is 0.935. The minimum absolute atomic E-state index is 0.274. The molecule has 3 N–H and O–H groups in total. The van der Waals surface area contributed by atoms with Crippen LogP contribution < -0.4 is 20.5 Å². The normalized spacial score (nSPS) is 10.3. The number of methoxy groups -OCH3 is 2. The third kappa shape index (κ3) is 4.23. The first kappa shape index (κ1) is 15.8. The fraction of sp³-hybridized carbons (Fsp3) is 0.333. The maximum Gasteiger partial charge on any atom is 0.245 e. The fourth-order valence-electron chi connectivity index (χ4n) is 1.82. The average Bonchev–Trinajstić information content (AvgIpc) is 2.56. The first-order valence-corrected chi connectivity index (χ1v) is 6.85. The summed E-state index contributed by atoms with van der Waals surface area (Å²) in [6.45, 7) is 1.65. The zero-order valence-electron chi connectivity index (χ0n) is 12.7. The third-order valence-corrected chi connectivity index (χ3v) is 2.90. The second-order valence-electron chi connectivity index (χ2n) is 4.44. The van der Waals surface area contributed by atoms with Crippen LogP contribution in [0.25, 0.3) is 0 Å². The van der Waals surface area contributed by atoms with E-state index in [1.54, 1.807) is 0 Å². The number of aromatic nitrogens is 2. The molecular formula is C15H20N4O3. The van der Waals surface area contributed by atoms with Gasteiger partial charge in [0.1, 0.15) is 0 Å². The fourth-order valence-corrected chi connectivity index (χ4v) is 1.82. The Bertz CT molecular complexity index is 568. The molecule has 0 aliphatic carbocycles. The van der Waals surface area contributed by atoms with Gasteiger partial charge in [-0.15, -0.1) is 0 Å². The van der Waals surface area contributed by atoms with Crippen molar-refractivity contribution in [2.75, 3.05) is 38.4 Å². The molecule has 0 saturated carbocycles. The predicted octanol–water partition coefficient (Wildman–Crippen LogP) is 1.70. The standard InChI is InChI=1S/C15H20N4O3/c1-20-13-12(16)14(21-2)19-15(18-13)17-8-9-22-10-11-6-4-3-5-7-11/h3-7H,8-10,16H2,1-2H3,(H,17,18,19). The van der Waals surface area contributed by atoms with Gasteiger partial charge in [-0.2, -0.15) is 9.97 Å². The van der Waals surface area contributed by atoms with Gasteiger partial charge in [-0.05, 0) is 5.56 Å². The Morgan fingerprint density at radius 3 is 2.27 bits per heavy atom. The summed E-state index contributed by atoms with van der Waals surface area (Å²) in [5, 5.41) is 3.04. The van der Waals surface area contributed by atoms with Gasteiger partial charge >= 0.3 is 0 Å². The van der Waals surface area contributed by atoms with Crippen molar-refractivity contribution in [3.63, 3.8) is 0 Å². The molecule has 7 nitrogen and oxygen atoms in total. The van der Waals surface area contributed by atoms with E-state index in [9.17, 15) is 0 Å². The number of benzene rings is 1. The van der Waals surface area contributed by atoms with Crippen LogP contribution in [0.5, 0.6) is 11.8 Å². The predicted molar refractivity (Wildman–Crippen MR) is 84.1 cm³/mol. The van der Waals surface area contributed by atoms with E-state index in [0.29, 0.717) is 25.7 Å². The highest BCUT2D eigenvalue weighted by atomic mass is 16.5. The second kappa shape index (κ2) is 8.04. The van der Waals surface area contributed by atoms with Gasteiger partial charge in [0, 0.05) is 6.54 Å². The van der Waals surface area contributed by atoms with Crippen LogP contribution in [0.4, 0.5) is 11.6 Å². The van der Waals surface area contributed by atoms with Crippen molar-refractivity contribution in [3.8, 4) is 11.8 Å². The Hall–Kier alpha value is -2.54. The SMILES string of the molecule is COc1nc(NCCOCc2ccccc2)nc(OC)c1N. The maximum atomic E-state index is 5.79. The molecule has 0 atom stereocenters. The number of nitrogens with one attached hydrogen (secondary N) is 1. The number of hydrogen-bond donors (Lipinski definition) is 2. The van der Waals surface area contributed by atoms with Gasteiger partial charge in [-0.3, -0.25) is 0 Å². The molecule has 7 heteroatoms. The van der Waals surface area contributed by atoms with E-state index in [1.807, 2.05) is 30.3 Å². The highest BCUT2D eigenvalue weighted by Crippen LogP contribution is 2.28. The van der Waals surface area contributed by atoms with Crippen LogP contribution in [0, 0.1) is 0 Å². The van der Waals surface area contributed by atoms with Crippen LogP contribution >= 0.6 is 0 Å². The van der Waals surface area contributed by atoms with Crippen molar-refractivity contribution >= 4 is 11.6 Å². The first-order valence-electron chi connectivity index (χ1n) is 6.85. The third-order valence-electron chi connectivity index (χ3n) is 2.90. The molecule has 2 rings (SSSR count). The minimum atomic E-state index is 0.274. The molecular weight excluding hydrogens is 284 g/mol. The van der Waals surface area contributed by atoms with E-state index in [0.717, 1.165) is 5.56 Å². The van der Waals surface area contributed by atoms with Crippen molar-refractivity contribution < 1.29 is 14.2 Å². The summed E-state index contributed by atoms with van der Waals surface area (Å²) in [4.78, 5) is 8.30. The minimum Gasteiger partial charge on any atom is -0.479 e. The van der Waals surface area contributed by atoms with Gasteiger partial charge in [0.25, 0.3) is 0 Å². The Kier molecular flexibility index (Phi) is 5.79. The van der Waals surface area contributed by atoms with Crippen molar-refractivity contribution in [3.05, 3.63) is 35.9 Å². The molecule has 0 amide bonds. The van der Waals surface area contributed by atoms with Crippen LogP contribution in [0.3, 0.4) is 0 Å². The summed E-state index contributed by atoms with van der Waals surface area (Å²) in [6, 6.07) is 9.98. The number of hydrogen-bond acceptors (Lipinski definition) is 7. The zero-order chi connectivity index (χ0) is 15.8. The van der Waals surface area contributed by atoms with E-state index in [1.165, 1.54) is 14.2 Å². The van der Waals surface area contributed by atoms with E-state index >= 15 is 0 Å². The molecule has 0 bridgehead atoms.